The zero-order valence-electron chi connectivity index (χ0n) is 15.1. The molecule has 0 aliphatic heterocycles. The normalized spacial score (nSPS) is 11.1. The second kappa shape index (κ2) is 9.24. The van der Waals surface area contributed by atoms with Crippen molar-refractivity contribution in [1.29, 1.82) is 0 Å². The van der Waals surface area contributed by atoms with Crippen molar-refractivity contribution >= 4 is 39.2 Å². The summed E-state index contributed by atoms with van der Waals surface area (Å²) in [7, 11) is 0. The van der Waals surface area contributed by atoms with Gasteiger partial charge in [-0.1, -0.05) is 38.4 Å². The predicted molar refractivity (Wildman–Crippen MR) is 109 cm³/mol. The molecule has 0 fully saturated rings. The molecule has 2 amide bonds. The third kappa shape index (κ3) is 6.18. The maximum Gasteiger partial charge on any atom is 0.319 e. The van der Waals surface area contributed by atoms with Gasteiger partial charge in [0.1, 0.15) is 5.75 Å². The van der Waals surface area contributed by atoms with Crippen LogP contribution in [-0.2, 0) is 5.41 Å². The van der Waals surface area contributed by atoms with Crippen LogP contribution < -0.4 is 15.4 Å². The van der Waals surface area contributed by atoms with E-state index in [1.165, 1.54) is 5.56 Å². The van der Waals surface area contributed by atoms with Crippen LogP contribution in [0, 0.1) is 0 Å². The summed E-state index contributed by atoms with van der Waals surface area (Å²) in [5, 5.41) is 5.67. The van der Waals surface area contributed by atoms with Crippen LogP contribution in [0.3, 0.4) is 0 Å². The zero-order chi connectivity index (χ0) is 19.2. The average molecular weight is 441 g/mol. The predicted octanol–water partition coefficient (Wildman–Crippen LogP) is 5.39. The summed E-state index contributed by atoms with van der Waals surface area (Å²) >= 11 is 9.45. The lowest BCUT2D eigenvalue weighted by Crippen LogP contribution is -2.30. The molecule has 0 aliphatic rings. The molecule has 0 unspecified atom stereocenters. The Hall–Kier alpha value is -1.79. The smallest absolute Gasteiger partial charge is 0.319 e. The fourth-order valence-corrected chi connectivity index (χ4v) is 2.85. The SMILES string of the molecule is CC(C)(C)c1ccc(OCCCNC(=O)Nc2cccnc2Cl)c(Br)c1. The van der Waals surface area contributed by atoms with Gasteiger partial charge in [0, 0.05) is 12.7 Å². The molecular formula is C19H23BrClN3O2. The van der Waals surface area contributed by atoms with Crippen molar-refractivity contribution in [3.05, 3.63) is 51.7 Å². The Morgan fingerprint density at radius 3 is 2.73 bits per heavy atom. The molecule has 0 atom stereocenters. The Morgan fingerprint density at radius 2 is 2.08 bits per heavy atom. The summed E-state index contributed by atoms with van der Waals surface area (Å²) in [6.07, 6.45) is 2.25. The summed E-state index contributed by atoms with van der Waals surface area (Å²) in [5.41, 5.74) is 1.81. The van der Waals surface area contributed by atoms with Gasteiger partial charge < -0.3 is 15.4 Å². The minimum Gasteiger partial charge on any atom is -0.492 e. The van der Waals surface area contributed by atoms with Crippen molar-refractivity contribution in [3.8, 4) is 5.75 Å². The first-order valence-electron chi connectivity index (χ1n) is 8.35. The number of hydrogen-bond acceptors (Lipinski definition) is 3. The largest absolute Gasteiger partial charge is 0.492 e. The summed E-state index contributed by atoms with van der Waals surface area (Å²) < 4.78 is 6.71. The third-order valence-electron chi connectivity index (χ3n) is 3.67. The quantitative estimate of drug-likeness (QED) is 0.468. The van der Waals surface area contributed by atoms with Crippen LogP contribution in [0.4, 0.5) is 10.5 Å². The van der Waals surface area contributed by atoms with Crippen molar-refractivity contribution < 1.29 is 9.53 Å². The number of nitrogens with zero attached hydrogens (tertiary/aromatic N) is 1. The van der Waals surface area contributed by atoms with Gasteiger partial charge in [-0.3, -0.25) is 0 Å². The number of pyridine rings is 1. The van der Waals surface area contributed by atoms with E-state index in [1.807, 2.05) is 6.07 Å². The average Bonchev–Trinajstić information content (AvgIpc) is 2.57. The van der Waals surface area contributed by atoms with Gasteiger partial charge >= 0.3 is 6.03 Å². The number of carbonyl (C=O) groups is 1. The fourth-order valence-electron chi connectivity index (χ4n) is 2.19. The molecule has 2 N–H and O–H groups in total. The van der Waals surface area contributed by atoms with Gasteiger partial charge in [0.15, 0.2) is 5.15 Å². The van der Waals surface area contributed by atoms with Gasteiger partial charge in [-0.2, -0.15) is 0 Å². The lowest BCUT2D eigenvalue weighted by Gasteiger charge is -2.20. The first kappa shape index (κ1) is 20.5. The van der Waals surface area contributed by atoms with E-state index in [0.717, 1.165) is 10.2 Å². The topological polar surface area (TPSA) is 63.2 Å². The summed E-state index contributed by atoms with van der Waals surface area (Å²) in [6.45, 7) is 7.50. The molecule has 0 aliphatic carbocycles. The van der Waals surface area contributed by atoms with Gasteiger partial charge in [0.2, 0.25) is 0 Å². The van der Waals surface area contributed by atoms with Gasteiger partial charge in [-0.15, -0.1) is 0 Å². The lowest BCUT2D eigenvalue weighted by molar-refractivity contribution is 0.250. The number of benzene rings is 1. The van der Waals surface area contributed by atoms with E-state index in [2.05, 4.69) is 64.5 Å². The summed E-state index contributed by atoms with van der Waals surface area (Å²) in [6, 6.07) is 9.20. The molecule has 2 rings (SSSR count). The highest BCUT2D eigenvalue weighted by molar-refractivity contribution is 9.10. The van der Waals surface area contributed by atoms with E-state index in [1.54, 1.807) is 18.3 Å². The van der Waals surface area contributed by atoms with Crippen molar-refractivity contribution in [1.82, 2.24) is 10.3 Å². The number of ether oxygens (including phenoxy) is 1. The maximum atomic E-state index is 11.8. The third-order valence-corrected chi connectivity index (χ3v) is 4.59. The number of anilines is 1. The number of hydrogen-bond donors (Lipinski definition) is 2. The highest BCUT2D eigenvalue weighted by atomic mass is 79.9. The highest BCUT2D eigenvalue weighted by Gasteiger charge is 2.15. The van der Waals surface area contributed by atoms with E-state index < -0.39 is 0 Å². The molecule has 0 saturated heterocycles. The fraction of sp³-hybridized carbons (Fsp3) is 0.368. The monoisotopic (exact) mass is 439 g/mol. The first-order chi connectivity index (χ1) is 12.3. The Kier molecular flexibility index (Phi) is 7.29. The van der Waals surface area contributed by atoms with Gasteiger partial charge in [-0.25, -0.2) is 9.78 Å². The van der Waals surface area contributed by atoms with E-state index in [9.17, 15) is 4.79 Å². The first-order valence-corrected chi connectivity index (χ1v) is 9.52. The van der Waals surface area contributed by atoms with Gasteiger partial charge in [-0.05, 0) is 57.6 Å². The minimum absolute atomic E-state index is 0.0928. The lowest BCUT2D eigenvalue weighted by atomic mass is 9.87. The van der Waals surface area contributed by atoms with Crippen LogP contribution in [0.15, 0.2) is 41.0 Å². The Balaban J connectivity index is 1.72. The van der Waals surface area contributed by atoms with Crippen molar-refractivity contribution in [2.24, 2.45) is 0 Å². The molecule has 0 spiro atoms. The maximum absolute atomic E-state index is 11.8. The number of aromatic nitrogens is 1. The number of rotatable bonds is 6. The number of carbonyl (C=O) groups excluding carboxylic acids is 1. The molecule has 1 aromatic heterocycles. The van der Waals surface area contributed by atoms with Crippen LogP contribution in [0.5, 0.6) is 5.75 Å². The minimum atomic E-state index is -0.324. The van der Waals surface area contributed by atoms with Crippen molar-refractivity contribution in [3.63, 3.8) is 0 Å². The number of amides is 2. The summed E-state index contributed by atoms with van der Waals surface area (Å²) in [4.78, 5) is 15.7. The van der Waals surface area contributed by atoms with Crippen LogP contribution in [0.25, 0.3) is 0 Å². The van der Waals surface area contributed by atoms with E-state index in [0.29, 0.717) is 25.3 Å². The molecule has 0 saturated carbocycles. The second-order valence-electron chi connectivity index (χ2n) is 6.82. The van der Waals surface area contributed by atoms with Crippen LogP contribution in [0.2, 0.25) is 5.15 Å². The van der Waals surface area contributed by atoms with Crippen molar-refractivity contribution in [2.75, 3.05) is 18.5 Å². The molecule has 1 heterocycles. The van der Waals surface area contributed by atoms with Gasteiger partial charge in [0.25, 0.3) is 0 Å². The Bertz CT molecular complexity index is 763. The van der Waals surface area contributed by atoms with Crippen LogP contribution in [0.1, 0.15) is 32.8 Å². The molecule has 140 valence electrons. The molecule has 0 radical (unpaired) electrons. The molecule has 0 bridgehead atoms. The number of urea groups is 1. The van der Waals surface area contributed by atoms with E-state index in [-0.39, 0.29) is 16.6 Å². The van der Waals surface area contributed by atoms with Gasteiger partial charge in [0.05, 0.1) is 16.8 Å². The molecule has 7 heteroatoms. The standard InChI is InChI=1S/C19H23BrClN3O2/c1-19(2,3)13-7-8-16(14(20)12-13)26-11-5-10-23-18(25)24-15-6-4-9-22-17(15)21/h4,6-9,12H,5,10-11H2,1-3H3,(H2,23,24,25). The van der Waals surface area contributed by atoms with Crippen molar-refractivity contribution in [2.45, 2.75) is 32.6 Å². The number of halogens is 2. The second-order valence-corrected chi connectivity index (χ2v) is 8.03. The summed E-state index contributed by atoms with van der Waals surface area (Å²) in [5.74, 6) is 0.796. The molecule has 5 nitrogen and oxygen atoms in total. The Morgan fingerprint density at radius 1 is 1.31 bits per heavy atom. The van der Waals surface area contributed by atoms with E-state index >= 15 is 0 Å². The Labute approximate surface area is 167 Å². The van der Waals surface area contributed by atoms with Crippen LogP contribution >= 0.6 is 27.5 Å². The zero-order valence-corrected chi connectivity index (χ0v) is 17.4. The molecule has 2 aromatic rings. The molecule has 1 aromatic carbocycles. The highest BCUT2D eigenvalue weighted by Crippen LogP contribution is 2.31. The van der Waals surface area contributed by atoms with E-state index in [4.69, 9.17) is 16.3 Å². The van der Waals surface area contributed by atoms with Crippen LogP contribution in [-0.4, -0.2) is 24.2 Å². The molecular weight excluding hydrogens is 418 g/mol. The molecule has 26 heavy (non-hydrogen) atoms. The number of nitrogens with one attached hydrogen (secondary N) is 2.